The molecule has 0 radical (unpaired) electrons. The number of sulfonamides is 1. The van der Waals surface area contributed by atoms with Crippen molar-refractivity contribution >= 4 is 10.0 Å². The lowest BCUT2D eigenvalue weighted by Crippen LogP contribution is -2.55. The Hall–Kier alpha value is -1.31. The molecule has 0 amide bonds. The molecule has 6 nitrogen and oxygen atoms in total. The van der Waals surface area contributed by atoms with Crippen molar-refractivity contribution in [1.82, 2.24) is 9.62 Å². The van der Waals surface area contributed by atoms with Gasteiger partial charge in [0.25, 0.3) is 0 Å². The zero-order valence-electron chi connectivity index (χ0n) is 11.5. The maximum absolute atomic E-state index is 12.7. The molecule has 110 valence electrons. The van der Waals surface area contributed by atoms with Crippen LogP contribution < -0.4 is 14.8 Å². The van der Waals surface area contributed by atoms with E-state index < -0.39 is 10.0 Å². The lowest BCUT2D eigenvalue weighted by Gasteiger charge is -2.35. The average Bonchev–Trinajstić information content (AvgIpc) is 2.84. The van der Waals surface area contributed by atoms with E-state index in [1.165, 1.54) is 10.4 Å². The lowest BCUT2D eigenvalue weighted by atomic mass is 10.2. The van der Waals surface area contributed by atoms with Gasteiger partial charge >= 0.3 is 0 Å². The third-order valence-corrected chi connectivity index (χ3v) is 5.33. The number of nitrogens with one attached hydrogen (secondary N) is 1. The number of hydrogen-bond donors (Lipinski definition) is 1. The summed E-state index contributed by atoms with van der Waals surface area (Å²) < 4.78 is 37.3. The Labute approximate surface area is 118 Å². The maximum atomic E-state index is 12.7. The number of piperazine rings is 1. The first kappa shape index (κ1) is 13.7. The van der Waals surface area contributed by atoms with Gasteiger partial charge in [0.2, 0.25) is 16.8 Å². The van der Waals surface area contributed by atoms with Gasteiger partial charge in [-0.3, -0.25) is 0 Å². The van der Waals surface area contributed by atoms with Crippen molar-refractivity contribution in [3.63, 3.8) is 0 Å². The Morgan fingerprint density at radius 3 is 2.50 bits per heavy atom. The zero-order chi connectivity index (χ0) is 14.3. The summed E-state index contributed by atoms with van der Waals surface area (Å²) in [7, 11) is -3.49. The molecule has 0 aromatic heterocycles. The van der Waals surface area contributed by atoms with E-state index in [4.69, 9.17) is 9.47 Å². The molecule has 0 aliphatic carbocycles. The van der Waals surface area contributed by atoms with Gasteiger partial charge in [-0.2, -0.15) is 4.31 Å². The highest BCUT2D eigenvalue weighted by molar-refractivity contribution is 7.89. The molecular weight excluding hydrogens is 280 g/mol. The third kappa shape index (κ3) is 2.36. The molecule has 20 heavy (non-hydrogen) atoms. The van der Waals surface area contributed by atoms with Crippen LogP contribution in [0.2, 0.25) is 0 Å². The Morgan fingerprint density at radius 1 is 1.15 bits per heavy atom. The van der Waals surface area contributed by atoms with Crippen molar-refractivity contribution in [3.8, 4) is 11.5 Å². The molecular formula is C13H18N2O4S. The van der Waals surface area contributed by atoms with Crippen molar-refractivity contribution in [3.05, 3.63) is 18.2 Å². The van der Waals surface area contributed by atoms with Gasteiger partial charge in [0.1, 0.15) is 0 Å². The molecule has 0 saturated carbocycles. The Bertz CT molecular complexity index is 607. The summed E-state index contributed by atoms with van der Waals surface area (Å²) in [4.78, 5) is 0.253. The second kappa shape index (κ2) is 4.91. The summed E-state index contributed by atoms with van der Waals surface area (Å²) in [6.07, 6.45) is 0. The SMILES string of the molecule is CC1CN(S(=O)(=O)c2ccc3c(c2)OCO3)CC(C)N1. The van der Waals surface area contributed by atoms with Crippen molar-refractivity contribution < 1.29 is 17.9 Å². The maximum Gasteiger partial charge on any atom is 0.243 e. The van der Waals surface area contributed by atoms with E-state index in [-0.39, 0.29) is 23.8 Å². The fourth-order valence-electron chi connectivity index (χ4n) is 2.66. The minimum Gasteiger partial charge on any atom is -0.454 e. The topological polar surface area (TPSA) is 67.9 Å². The molecule has 2 heterocycles. The fraction of sp³-hybridized carbons (Fsp3) is 0.538. The summed E-state index contributed by atoms with van der Waals surface area (Å²) >= 11 is 0. The molecule has 0 bridgehead atoms. The van der Waals surface area contributed by atoms with Crippen molar-refractivity contribution in [2.24, 2.45) is 0 Å². The first-order valence-electron chi connectivity index (χ1n) is 6.62. The quantitative estimate of drug-likeness (QED) is 0.874. The summed E-state index contributed by atoms with van der Waals surface area (Å²) in [5, 5.41) is 3.32. The second-order valence-electron chi connectivity index (χ2n) is 5.31. The normalized spacial score (nSPS) is 26.7. The zero-order valence-corrected chi connectivity index (χ0v) is 12.3. The number of rotatable bonds is 2. The molecule has 7 heteroatoms. The first-order chi connectivity index (χ1) is 9.46. The Balaban J connectivity index is 1.91. The van der Waals surface area contributed by atoms with Crippen LogP contribution in [0.4, 0.5) is 0 Å². The van der Waals surface area contributed by atoms with Crippen LogP contribution in [0, 0.1) is 0 Å². The predicted molar refractivity (Wildman–Crippen MR) is 73.4 cm³/mol. The molecule has 1 fully saturated rings. The summed E-state index contributed by atoms with van der Waals surface area (Å²) in [6.45, 7) is 5.05. The van der Waals surface area contributed by atoms with Crippen LogP contribution in [0.25, 0.3) is 0 Å². The molecule has 1 N–H and O–H groups in total. The lowest BCUT2D eigenvalue weighted by molar-refractivity contribution is 0.174. The smallest absolute Gasteiger partial charge is 0.243 e. The van der Waals surface area contributed by atoms with Gasteiger partial charge in [-0.05, 0) is 26.0 Å². The van der Waals surface area contributed by atoms with E-state index in [0.717, 1.165) is 0 Å². The van der Waals surface area contributed by atoms with Crippen LogP contribution in [-0.4, -0.2) is 44.7 Å². The average molecular weight is 298 g/mol. The molecule has 1 saturated heterocycles. The Morgan fingerprint density at radius 2 is 1.80 bits per heavy atom. The van der Waals surface area contributed by atoms with Gasteiger partial charge in [-0.1, -0.05) is 0 Å². The molecule has 2 atom stereocenters. The highest BCUT2D eigenvalue weighted by Gasteiger charge is 2.32. The van der Waals surface area contributed by atoms with Crippen molar-refractivity contribution in [2.75, 3.05) is 19.9 Å². The highest BCUT2D eigenvalue weighted by atomic mass is 32.2. The van der Waals surface area contributed by atoms with Crippen LogP contribution in [0.15, 0.2) is 23.1 Å². The number of fused-ring (bicyclic) bond motifs is 1. The molecule has 3 rings (SSSR count). The van der Waals surface area contributed by atoms with E-state index >= 15 is 0 Å². The van der Waals surface area contributed by atoms with Crippen LogP contribution in [0.1, 0.15) is 13.8 Å². The molecule has 0 spiro atoms. The minimum atomic E-state index is -3.49. The number of ether oxygens (including phenoxy) is 2. The molecule has 2 aliphatic heterocycles. The van der Waals surface area contributed by atoms with Crippen LogP contribution in [0.3, 0.4) is 0 Å². The van der Waals surface area contributed by atoms with Crippen LogP contribution in [-0.2, 0) is 10.0 Å². The summed E-state index contributed by atoms with van der Waals surface area (Å²) in [5.74, 6) is 1.08. The van der Waals surface area contributed by atoms with E-state index in [1.54, 1.807) is 12.1 Å². The predicted octanol–water partition coefficient (Wildman–Crippen LogP) is 0.786. The molecule has 1 aromatic rings. The first-order valence-corrected chi connectivity index (χ1v) is 8.06. The summed E-state index contributed by atoms with van der Waals surface area (Å²) in [5.41, 5.74) is 0. The molecule has 1 aromatic carbocycles. The van der Waals surface area contributed by atoms with Crippen LogP contribution in [0.5, 0.6) is 11.5 Å². The largest absolute Gasteiger partial charge is 0.454 e. The van der Waals surface area contributed by atoms with Gasteiger partial charge in [-0.25, -0.2) is 8.42 Å². The third-order valence-electron chi connectivity index (χ3n) is 3.51. The molecule has 2 unspecified atom stereocenters. The molecule has 2 aliphatic rings. The monoisotopic (exact) mass is 298 g/mol. The van der Waals surface area contributed by atoms with Gasteiger partial charge < -0.3 is 14.8 Å². The van der Waals surface area contributed by atoms with Gasteiger partial charge in [0.05, 0.1) is 4.90 Å². The minimum absolute atomic E-state index is 0.139. The van der Waals surface area contributed by atoms with Crippen molar-refractivity contribution in [2.45, 2.75) is 30.8 Å². The Kier molecular flexibility index (Phi) is 3.35. The highest BCUT2D eigenvalue weighted by Crippen LogP contribution is 2.34. The number of nitrogens with zero attached hydrogens (tertiary/aromatic N) is 1. The second-order valence-corrected chi connectivity index (χ2v) is 7.24. The number of hydrogen-bond acceptors (Lipinski definition) is 5. The van der Waals surface area contributed by atoms with E-state index in [1.807, 2.05) is 13.8 Å². The van der Waals surface area contributed by atoms with E-state index in [2.05, 4.69) is 5.32 Å². The van der Waals surface area contributed by atoms with Gasteiger partial charge in [0.15, 0.2) is 11.5 Å². The fourth-order valence-corrected chi connectivity index (χ4v) is 4.29. The summed E-state index contributed by atoms with van der Waals surface area (Å²) in [6, 6.07) is 5.03. The number of benzene rings is 1. The van der Waals surface area contributed by atoms with E-state index in [9.17, 15) is 8.42 Å². The van der Waals surface area contributed by atoms with E-state index in [0.29, 0.717) is 24.6 Å². The van der Waals surface area contributed by atoms with Crippen LogP contribution >= 0.6 is 0 Å². The van der Waals surface area contributed by atoms with Gasteiger partial charge in [-0.15, -0.1) is 0 Å². The van der Waals surface area contributed by atoms with Crippen molar-refractivity contribution in [1.29, 1.82) is 0 Å². The standard InChI is InChI=1S/C13H18N2O4S/c1-9-6-15(7-10(2)14-9)20(16,17)11-3-4-12-13(5-11)19-8-18-12/h3-5,9-10,14H,6-8H2,1-2H3. The van der Waals surface area contributed by atoms with Gasteiger partial charge in [0, 0.05) is 31.2 Å².